The van der Waals surface area contributed by atoms with Crippen LogP contribution in [-0.2, 0) is 19.1 Å². The van der Waals surface area contributed by atoms with Gasteiger partial charge in [-0.1, -0.05) is 31.2 Å². The maximum atomic E-state index is 14.2. The molecule has 1 spiro atoms. The Morgan fingerprint density at radius 2 is 1.79 bits per heavy atom. The lowest BCUT2D eigenvalue weighted by Gasteiger charge is -2.39. The smallest absolute Gasteiger partial charge is 0.249 e. The molecule has 1 unspecified atom stereocenters. The Kier molecular flexibility index (Phi) is 7.09. The number of carbonyl (C=O) groups excluding carboxylic acids is 3. The normalized spacial score (nSPS) is 31.3. The fraction of sp³-hybridized carbons (Fsp3) is 0.552. The first-order chi connectivity index (χ1) is 18.3. The van der Waals surface area contributed by atoms with Gasteiger partial charge in [-0.05, 0) is 51.5 Å². The summed E-state index contributed by atoms with van der Waals surface area (Å²) in [7, 11) is 0. The third-order valence-corrected chi connectivity index (χ3v) is 8.29. The van der Waals surface area contributed by atoms with Crippen LogP contribution in [0.2, 0.25) is 0 Å². The summed E-state index contributed by atoms with van der Waals surface area (Å²) in [5.74, 6) is -1.73. The van der Waals surface area contributed by atoms with E-state index in [4.69, 9.17) is 9.47 Å². The Hall–Kier alpha value is -3.17. The monoisotopic (exact) mass is 523 g/mol. The number of aliphatic hydroxyl groups excluding tert-OH is 1. The zero-order chi connectivity index (χ0) is 27.2. The molecule has 38 heavy (non-hydrogen) atoms. The lowest BCUT2D eigenvalue weighted by atomic mass is 9.77. The first kappa shape index (κ1) is 26.4. The maximum Gasteiger partial charge on any atom is 0.249 e. The van der Waals surface area contributed by atoms with E-state index >= 15 is 0 Å². The summed E-state index contributed by atoms with van der Waals surface area (Å²) < 4.78 is 12.2. The van der Waals surface area contributed by atoms with Crippen LogP contribution in [0.3, 0.4) is 0 Å². The van der Waals surface area contributed by atoms with Crippen molar-refractivity contribution in [2.45, 2.75) is 63.9 Å². The Morgan fingerprint density at radius 1 is 1.05 bits per heavy atom. The summed E-state index contributed by atoms with van der Waals surface area (Å²) in [5.41, 5.74) is -0.596. The van der Waals surface area contributed by atoms with Crippen molar-refractivity contribution in [3.05, 3.63) is 48.6 Å². The van der Waals surface area contributed by atoms with Gasteiger partial charge < -0.3 is 29.3 Å². The summed E-state index contributed by atoms with van der Waals surface area (Å²) in [5, 5.41) is 10.2. The summed E-state index contributed by atoms with van der Waals surface area (Å²) in [6, 6.07) is 5.72. The second kappa shape index (κ2) is 10.2. The summed E-state index contributed by atoms with van der Waals surface area (Å²) in [6.45, 7) is 8.66. The molecule has 4 aliphatic rings. The number of ether oxygens (including phenoxy) is 2. The van der Waals surface area contributed by atoms with Crippen molar-refractivity contribution in [2.75, 3.05) is 31.2 Å². The molecule has 0 bridgehead atoms. The Morgan fingerprint density at radius 3 is 2.42 bits per heavy atom. The number of fused-ring (bicyclic) bond motifs is 2. The minimum atomic E-state index is -1.29. The average Bonchev–Trinajstić information content (AvgIpc) is 3.21. The highest BCUT2D eigenvalue weighted by Crippen LogP contribution is 2.54. The average molecular weight is 524 g/mol. The number of anilines is 1. The Balaban J connectivity index is 1.58. The molecule has 4 aliphatic heterocycles. The topological polar surface area (TPSA) is 99.6 Å². The minimum Gasteiger partial charge on any atom is -0.494 e. The molecule has 9 nitrogen and oxygen atoms in total. The van der Waals surface area contributed by atoms with Gasteiger partial charge in [0.15, 0.2) is 0 Å². The van der Waals surface area contributed by atoms with Crippen molar-refractivity contribution in [3.63, 3.8) is 0 Å². The van der Waals surface area contributed by atoms with Crippen LogP contribution in [0, 0.1) is 11.8 Å². The Labute approximate surface area is 223 Å². The van der Waals surface area contributed by atoms with Gasteiger partial charge in [-0.3, -0.25) is 14.4 Å². The highest BCUT2D eigenvalue weighted by molar-refractivity contribution is 6.04. The van der Waals surface area contributed by atoms with Gasteiger partial charge in [-0.15, -0.1) is 0 Å². The number of likely N-dealkylation sites (tertiary alicyclic amines) is 1. The van der Waals surface area contributed by atoms with Crippen LogP contribution in [0.5, 0.6) is 5.75 Å². The highest BCUT2D eigenvalue weighted by Gasteiger charge is 2.72. The molecule has 0 radical (unpaired) electrons. The third kappa shape index (κ3) is 3.94. The molecule has 0 saturated carbocycles. The van der Waals surface area contributed by atoms with E-state index in [0.29, 0.717) is 37.6 Å². The van der Waals surface area contributed by atoms with Crippen LogP contribution in [0.25, 0.3) is 0 Å². The Bertz CT molecular complexity index is 1140. The van der Waals surface area contributed by atoms with Gasteiger partial charge in [0.2, 0.25) is 17.7 Å². The molecule has 9 heteroatoms. The number of nitrogens with zero attached hydrogens (tertiary/aromatic N) is 3. The van der Waals surface area contributed by atoms with E-state index in [1.165, 1.54) is 4.90 Å². The second-order valence-electron chi connectivity index (χ2n) is 10.6. The number of rotatable bonds is 7. The van der Waals surface area contributed by atoms with E-state index in [-0.39, 0.29) is 30.4 Å². The van der Waals surface area contributed by atoms with Gasteiger partial charge in [-0.2, -0.15) is 0 Å². The molecule has 2 saturated heterocycles. The molecule has 0 aliphatic carbocycles. The van der Waals surface area contributed by atoms with E-state index in [9.17, 15) is 19.5 Å². The number of benzene rings is 1. The number of hydrogen-bond donors (Lipinski definition) is 1. The van der Waals surface area contributed by atoms with Gasteiger partial charge in [0.05, 0.1) is 37.2 Å². The van der Waals surface area contributed by atoms with Crippen molar-refractivity contribution < 1.29 is 29.0 Å². The first-order valence-corrected chi connectivity index (χ1v) is 13.6. The molecule has 204 valence electrons. The van der Waals surface area contributed by atoms with Crippen LogP contribution < -0.4 is 9.64 Å². The number of carbonyl (C=O) groups is 3. The van der Waals surface area contributed by atoms with E-state index in [1.807, 2.05) is 76.3 Å². The molecule has 0 aromatic heterocycles. The maximum absolute atomic E-state index is 14.2. The van der Waals surface area contributed by atoms with Crippen molar-refractivity contribution in [1.29, 1.82) is 0 Å². The molecule has 1 aromatic carbocycles. The van der Waals surface area contributed by atoms with Crippen LogP contribution in [-0.4, -0.2) is 88.8 Å². The zero-order valence-electron chi connectivity index (χ0n) is 22.4. The van der Waals surface area contributed by atoms with Crippen LogP contribution in [0.15, 0.2) is 48.6 Å². The lowest BCUT2D eigenvalue weighted by molar-refractivity contribution is -0.151. The number of hydrogen-bond acceptors (Lipinski definition) is 6. The SMILES string of the molecule is CCOc1ccc(N2CC=C[C@@H]3O[C@]45C=CCN(C(C)C)C(=O)C4N([C@@H](CC)CO)C(=O)[C@@H]5[C@@H]3C2=O)cc1. The predicted octanol–water partition coefficient (Wildman–Crippen LogP) is 2.15. The number of aliphatic hydroxyl groups is 1. The largest absolute Gasteiger partial charge is 0.494 e. The molecule has 1 N–H and O–H groups in total. The van der Waals surface area contributed by atoms with Crippen LogP contribution in [0.1, 0.15) is 34.1 Å². The van der Waals surface area contributed by atoms with Gasteiger partial charge >= 0.3 is 0 Å². The lowest BCUT2D eigenvalue weighted by Crippen LogP contribution is -2.58. The van der Waals surface area contributed by atoms with Crippen molar-refractivity contribution >= 4 is 23.4 Å². The zero-order valence-corrected chi connectivity index (χ0v) is 22.4. The fourth-order valence-corrected chi connectivity index (χ4v) is 6.49. The van der Waals surface area contributed by atoms with Crippen molar-refractivity contribution in [2.24, 2.45) is 11.8 Å². The van der Waals surface area contributed by atoms with Crippen molar-refractivity contribution in [3.8, 4) is 5.75 Å². The molecular formula is C29H37N3O6. The molecule has 5 rings (SSSR count). The van der Waals surface area contributed by atoms with Crippen molar-refractivity contribution in [1.82, 2.24) is 9.80 Å². The van der Waals surface area contributed by atoms with E-state index in [1.54, 1.807) is 9.80 Å². The molecule has 4 heterocycles. The molecule has 6 atom stereocenters. The predicted molar refractivity (Wildman–Crippen MR) is 141 cm³/mol. The van der Waals surface area contributed by atoms with Gasteiger partial charge in [-0.25, -0.2) is 0 Å². The number of amides is 3. The minimum absolute atomic E-state index is 0.0870. The fourth-order valence-electron chi connectivity index (χ4n) is 6.49. The van der Waals surface area contributed by atoms with E-state index in [0.717, 1.165) is 0 Å². The van der Waals surface area contributed by atoms with Gasteiger partial charge in [0, 0.05) is 24.8 Å². The molecule has 3 amide bonds. The molecule has 2 fully saturated rings. The second-order valence-corrected chi connectivity index (χ2v) is 10.6. The van der Waals surface area contributed by atoms with E-state index < -0.39 is 35.6 Å². The molecule has 1 aromatic rings. The standard InChI is InChI=1S/C29H37N3O6/c1-5-19(17-33)32-25-28(36)30(18(3)4)16-8-14-29(25)24(27(32)35)23-22(38-29)9-7-15-31(26(23)34)20-10-12-21(13-11-20)37-6-2/h7-14,18-19,22-25,33H,5-6,15-17H2,1-4H3/t19-,22-,23+,24-,25?,29-/m0/s1. The summed E-state index contributed by atoms with van der Waals surface area (Å²) >= 11 is 0. The highest BCUT2D eigenvalue weighted by atomic mass is 16.5. The molecular weight excluding hydrogens is 486 g/mol. The summed E-state index contributed by atoms with van der Waals surface area (Å²) in [4.78, 5) is 47.4. The third-order valence-electron chi connectivity index (χ3n) is 8.29. The first-order valence-electron chi connectivity index (χ1n) is 13.6. The van der Waals surface area contributed by atoms with Gasteiger partial charge in [0.1, 0.15) is 17.4 Å². The van der Waals surface area contributed by atoms with E-state index in [2.05, 4.69) is 0 Å². The summed E-state index contributed by atoms with van der Waals surface area (Å²) in [6.07, 6.45) is 7.28. The van der Waals surface area contributed by atoms with Crippen LogP contribution >= 0.6 is 0 Å². The van der Waals surface area contributed by atoms with Crippen LogP contribution in [0.4, 0.5) is 5.69 Å². The van der Waals surface area contributed by atoms with Gasteiger partial charge in [0.25, 0.3) is 0 Å². The quantitative estimate of drug-likeness (QED) is 0.550.